The van der Waals surface area contributed by atoms with Crippen LogP contribution in [0.25, 0.3) is 0 Å². The number of amides is 1. The molecular weight excluding hydrogens is 408 g/mol. The van der Waals surface area contributed by atoms with Crippen LogP contribution in [0.2, 0.25) is 0 Å². The molecule has 3 N–H and O–H groups in total. The van der Waals surface area contributed by atoms with Gasteiger partial charge in [-0.05, 0) is 31.9 Å². The number of benzene rings is 1. The number of nitro groups is 1. The maximum Gasteiger partial charge on any atom is 0.284 e. The summed E-state index contributed by atoms with van der Waals surface area (Å²) >= 11 is 2.67. The van der Waals surface area contributed by atoms with E-state index in [1.807, 2.05) is 12.3 Å². The summed E-state index contributed by atoms with van der Waals surface area (Å²) in [5, 5.41) is 16.4. The minimum atomic E-state index is -0.464. The van der Waals surface area contributed by atoms with Crippen molar-refractivity contribution in [2.75, 3.05) is 6.54 Å². The van der Waals surface area contributed by atoms with Crippen molar-refractivity contribution in [3.05, 3.63) is 45.0 Å². The summed E-state index contributed by atoms with van der Waals surface area (Å²) in [6.45, 7) is 2.25. The van der Waals surface area contributed by atoms with E-state index in [0.717, 1.165) is 35.7 Å². The Bertz CT molecular complexity index is 837. The number of rotatable bonds is 6. The lowest BCUT2D eigenvalue weighted by Crippen LogP contribution is -2.51. The van der Waals surface area contributed by atoms with Crippen molar-refractivity contribution in [1.29, 1.82) is 0 Å². The number of hydrogen-bond donors (Lipinski definition) is 2. The van der Waals surface area contributed by atoms with Crippen molar-refractivity contribution in [2.24, 2.45) is 5.73 Å². The van der Waals surface area contributed by atoms with Crippen LogP contribution in [0, 0.1) is 17.0 Å². The highest BCUT2D eigenvalue weighted by atomic mass is 35.5. The molecule has 1 aromatic heterocycles. The van der Waals surface area contributed by atoms with E-state index in [1.165, 1.54) is 29.2 Å². The van der Waals surface area contributed by atoms with Gasteiger partial charge in [-0.2, -0.15) is 0 Å². The third-order valence-electron chi connectivity index (χ3n) is 4.54. The fourth-order valence-corrected chi connectivity index (χ4v) is 4.98. The minimum Gasteiger partial charge on any atom is -0.345 e. The molecule has 0 bridgehead atoms. The van der Waals surface area contributed by atoms with Gasteiger partial charge in [0.05, 0.1) is 15.4 Å². The number of nitrogens with two attached hydrogens (primary N) is 1. The predicted octanol–water partition coefficient (Wildman–Crippen LogP) is 3.93. The molecule has 0 radical (unpaired) electrons. The summed E-state index contributed by atoms with van der Waals surface area (Å²) in [6.07, 6.45) is 3.74. The van der Waals surface area contributed by atoms with Gasteiger partial charge in [-0.15, -0.1) is 23.7 Å². The molecule has 1 saturated carbocycles. The number of nitrogens with one attached hydrogen (secondary N) is 1. The predicted molar refractivity (Wildman–Crippen MR) is 109 cm³/mol. The van der Waals surface area contributed by atoms with Crippen LogP contribution in [0.4, 0.5) is 5.69 Å². The second-order valence-corrected chi connectivity index (χ2v) is 8.59. The monoisotopic (exact) mass is 428 g/mol. The number of aryl methyl sites for hydroxylation is 1. The van der Waals surface area contributed by atoms with Crippen LogP contribution in [-0.2, 0) is 0 Å². The van der Waals surface area contributed by atoms with Gasteiger partial charge in [0.25, 0.3) is 11.6 Å². The Balaban J connectivity index is 0.00000261. The molecule has 1 amide bonds. The number of thiazole rings is 1. The average molecular weight is 429 g/mol. The molecule has 1 aliphatic rings. The zero-order valence-corrected chi connectivity index (χ0v) is 17.2. The lowest BCUT2D eigenvalue weighted by atomic mass is 9.97. The van der Waals surface area contributed by atoms with Crippen molar-refractivity contribution in [3.8, 4) is 0 Å². The Hall–Kier alpha value is -1.68. The van der Waals surface area contributed by atoms with E-state index in [4.69, 9.17) is 5.73 Å². The number of carbonyl (C=O) groups is 1. The first-order chi connectivity index (χ1) is 12.4. The van der Waals surface area contributed by atoms with Gasteiger partial charge in [0.2, 0.25) is 0 Å². The lowest BCUT2D eigenvalue weighted by Gasteiger charge is -2.28. The van der Waals surface area contributed by atoms with Crippen molar-refractivity contribution >= 4 is 47.1 Å². The standard InChI is InChI=1S/C17H20N4O3S2.ClH/c1-11-9-25-16(19-11)26-14-5-4-12(8-13(14)21(23)24)15(22)20-17(10-18)6-2-3-7-17;/h4-5,8-9H,2-3,6-7,10,18H2,1H3,(H,20,22);1H. The molecule has 1 aromatic carbocycles. The Morgan fingerprint density at radius 3 is 2.70 bits per heavy atom. The fraction of sp³-hybridized carbons (Fsp3) is 0.412. The number of carbonyl (C=O) groups excluding carboxylic acids is 1. The van der Waals surface area contributed by atoms with Crippen LogP contribution in [0.15, 0.2) is 32.8 Å². The van der Waals surface area contributed by atoms with Gasteiger partial charge in [0, 0.05) is 29.2 Å². The summed E-state index contributed by atoms with van der Waals surface area (Å²) in [6, 6.07) is 4.56. The smallest absolute Gasteiger partial charge is 0.284 e. The van der Waals surface area contributed by atoms with E-state index in [2.05, 4.69) is 10.3 Å². The molecule has 10 heteroatoms. The van der Waals surface area contributed by atoms with E-state index in [1.54, 1.807) is 12.1 Å². The molecule has 7 nitrogen and oxygen atoms in total. The maximum atomic E-state index is 12.6. The Morgan fingerprint density at radius 2 is 2.15 bits per heavy atom. The zero-order chi connectivity index (χ0) is 18.7. The highest BCUT2D eigenvalue weighted by Crippen LogP contribution is 2.37. The van der Waals surface area contributed by atoms with Crippen LogP contribution >= 0.6 is 35.5 Å². The van der Waals surface area contributed by atoms with Crippen LogP contribution in [0.3, 0.4) is 0 Å². The molecule has 0 unspecified atom stereocenters. The molecule has 2 aromatic rings. The molecule has 0 aliphatic heterocycles. The second-order valence-electron chi connectivity index (χ2n) is 6.44. The molecule has 27 heavy (non-hydrogen) atoms. The van der Waals surface area contributed by atoms with Crippen LogP contribution in [0.1, 0.15) is 41.7 Å². The topological polar surface area (TPSA) is 111 Å². The molecule has 0 atom stereocenters. The Labute approximate surface area is 171 Å². The van der Waals surface area contributed by atoms with Gasteiger partial charge in [-0.1, -0.05) is 24.6 Å². The Morgan fingerprint density at radius 1 is 1.44 bits per heavy atom. The van der Waals surface area contributed by atoms with Crippen molar-refractivity contribution in [1.82, 2.24) is 10.3 Å². The van der Waals surface area contributed by atoms with E-state index in [-0.39, 0.29) is 29.6 Å². The van der Waals surface area contributed by atoms with Crippen LogP contribution in [0.5, 0.6) is 0 Å². The van der Waals surface area contributed by atoms with Gasteiger partial charge >= 0.3 is 0 Å². The molecule has 1 aliphatic carbocycles. The van der Waals surface area contributed by atoms with Crippen molar-refractivity contribution < 1.29 is 9.72 Å². The Kier molecular flexibility index (Phi) is 7.21. The van der Waals surface area contributed by atoms with Gasteiger partial charge in [0.1, 0.15) is 0 Å². The molecule has 0 saturated heterocycles. The molecule has 1 fully saturated rings. The van der Waals surface area contributed by atoms with E-state index in [9.17, 15) is 14.9 Å². The van der Waals surface area contributed by atoms with Gasteiger partial charge in [-0.3, -0.25) is 14.9 Å². The highest BCUT2D eigenvalue weighted by Gasteiger charge is 2.34. The van der Waals surface area contributed by atoms with Gasteiger partial charge in [0.15, 0.2) is 4.34 Å². The maximum absolute atomic E-state index is 12.6. The number of hydrogen-bond acceptors (Lipinski definition) is 7. The number of halogens is 1. The first kappa shape index (κ1) is 21.6. The van der Waals surface area contributed by atoms with E-state index >= 15 is 0 Å². The second kappa shape index (κ2) is 9.01. The summed E-state index contributed by atoms with van der Waals surface area (Å²) in [7, 11) is 0. The van der Waals surface area contributed by atoms with Gasteiger partial charge < -0.3 is 11.1 Å². The van der Waals surface area contributed by atoms with E-state index < -0.39 is 10.5 Å². The minimum absolute atomic E-state index is 0. The first-order valence-corrected chi connectivity index (χ1v) is 10.0. The fourth-order valence-electron chi connectivity index (χ4n) is 3.11. The van der Waals surface area contributed by atoms with Crippen molar-refractivity contribution in [3.63, 3.8) is 0 Å². The molecular formula is C17H21ClN4O3S2. The molecule has 1 heterocycles. The number of nitro benzene ring substituents is 1. The molecule has 0 spiro atoms. The summed E-state index contributed by atoms with van der Waals surface area (Å²) in [4.78, 5) is 28.4. The highest BCUT2D eigenvalue weighted by molar-refractivity contribution is 8.01. The quantitative estimate of drug-likeness (QED) is 0.532. The largest absolute Gasteiger partial charge is 0.345 e. The summed E-state index contributed by atoms with van der Waals surface area (Å²) < 4.78 is 0.732. The summed E-state index contributed by atoms with van der Waals surface area (Å²) in [5.74, 6) is -0.318. The lowest BCUT2D eigenvalue weighted by molar-refractivity contribution is -0.387. The zero-order valence-electron chi connectivity index (χ0n) is 14.8. The van der Waals surface area contributed by atoms with Gasteiger partial charge in [-0.25, -0.2) is 4.98 Å². The third-order valence-corrected chi connectivity index (χ3v) is 6.66. The first-order valence-electron chi connectivity index (χ1n) is 8.33. The van der Waals surface area contributed by atoms with Crippen LogP contribution < -0.4 is 11.1 Å². The normalized spacial score (nSPS) is 15.2. The third kappa shape index (κ3) is 4.98. The van der Waals surface area contributed by atoms with Crippen molar-refractivity contribution in [2.45, 2.75) is 47.4 Å². The number of aromatic nitrogens is 1. The summed E-state index contributed by atoms with van der Waals surface area (Å²) in [5.41, 5.74) is 6.52. The number of nitrogens with zero attached hydrogens (tertiary/aromatic N) is 2. The molecule has 146 valence electrons. The van der Waals surface area contributed by atoms with Crippen LogP contribution in [-0.4, -0.2) is 27.9 Å². The molecule has 3 rings (SSSR count). The average Bonchev–Trinajstić information content (AvgIpc) is 3.24. The SMILES string of the molecule is Cc1csc(Sc2ccc(C(=O)NC3(CN)CCCC3)cc2[N+](=O)[O-])n1.Cl. The van der Waals surface area contributed by atoms with E-state index in [0.29, 0.717) is 11.4 Å².